The molecule has 1 aliphatic rings. The summed E-state index contributed by atoms with van der Waals surface area (Å²) in [5, 5.41) is 5.72. The minimum atomic E-state index is -0.129. The van der Waals surface area contributed by atoms with Gasteiger partial charge in [0.25, 0.3) is 0 Å². The van der Waals surface area contributed by atoms with Crippen LogP contribution < -0.4 is 16.4 Å². The Bertz CT molecular complexity index is 578. The Morgan fingerprint density at radius 2 is 1.87 bits per heavy atom. The summed E-state index contributed by atoms with van der Waals surface area (Å²) in [6.07, 6.45) is 6.07. The number of rotatable bonds is 5. The van der Waals surface area contributed by atoms with Crippen LogP contribution in [0.4, 0.5) is 11.4 Å². The van der Waals surface area contributed by atoms with Gasteiger partial charge < -0.3 is 16.4 Å². The Balaban J connectivity index is 2.05. The average Bonchev–Trinajstić information content (AvgIpc) is 2.51. The van der Waals surface area contributed by atoms with Crippen LogP contribution in [-0.4, -0.2) is 18.4 Å². The van der Waals surface area contributed by atoms with Gasteiger partial charge >= 0.3 is 0 Å². The minimum Gasteiger partial charge on any atom is -0.330 e. The molecular weight excluding hydrogens is 290 g/mol. The van der Waals surface area contributed by atoms with E-state index in [-0.39, 0.29) is 17.2 Å². The summed E-state index contributed by atoms with van der Waals surface area (Å²) >= 11 is 0. The molecule has 0 radical (unpaired) electrons. The van der Waals surface area contributed by atoms with Crippen LogP contribution in [0.2, 0.25) is 0 Å². The predicted molar refractivity (Wildman–Crippen MR) is 93.3 cm³/mol. The molecule has 0 unspecified atom stereocenters. The van der Waals surface area contributed by atoms with Crippen LogP contribution in [0.5, 0.6) is 0 Å². The number of nitrogens with one attached hydrogen (secondary N) is 2. The highest BCUT2D eigenvalue weighted by Gasteiger charge is 2.33. The van der Waals surface area contributed by atoms with E-state index in [1.807, 2.05) is 19.1 Å². The molecule has 126 valence electrons. The number of hydrogen-bond acceptors (Lipinski definition) is 3. The van der Waals surface area contributed by atoms with Crippen molar-refractivity contribution in [3.05, 3.63) is 23.8 Å². The summed E-state index contributed by atoms with van der Waals surface area (Å²) in [5.41, 5.74) is 8.31. The quantitative estimate of drug-likeness (QED) is 0.779. The van der Waals surface area contributed by atoms with Gasteiger partial charge in [0.1, 0.15) is 0 Å². The highest BCUT2D eigenvalue weighted by molar-refractivity contribution is 5.94. The number of carbonyl (C=O) groups is 2. The topological polar surface area (TPSA) is 84.2 Å². The number of aryl methyl sites for hydroxylation is 1. The van der Waals surface area contributed by atoms with Crippen molar-refractivity contribution >= 4 is 23.2 Å². The monoisotopic (exact) mass is 317 g/mol. The molecule has 0 heterocycles. The van der Waals surface area contributed by atoms with Crippen LogP contribution in [0.3, 0.4) is 0 Å². The Morgan fingerprint density at radius 1 is 1.17 bits per heavy atom. The lowest BCUT2D eigenvalue weighted by atomic mass is 9.71. The minimum absolute atomic E-state index is 0.000394. The molecule has 2 amide bonds. The zero-order chi connectivity index (χ0) is 16.9. The Morgan fingerprint density at radius 3 is 2.48 bits per heavy atom. The highest BCUT2D eigenvalue weighted by atomic mass is 16.2. The van der Waals surface area contributed by atoms with Crippen LogP contribution in [0.1, 0.15) is 51.0 Å². The van der Waals surface area contributed by atoms with Crippen molar-refractivity contribution in [3.8, 4) is 0 Å². The van der Waals surface area contributed by atoms with E-state index in [2.05, 4.69) is 10.6 Å². The van der Waals surface area contributed by atoms with E-state index in [4.69, 9.17) is 5.73 Å². The smallest absolute Gasteiger partial charge is 0.224 e. The highest BCUT2D eigenvalue weighted by Crippen LogP contribution is 2.38. The molecule has 5 heteroatoms. The summed E-state index contributed by atoms with van der Waals surface area (Å²) < 4.78 is 0. The molecule has 0 spiro atoms. The van der Waals surface area contributed by atoms with E-state index >= 15 is 0 Å². The molecule has 0 aromatic heterocycles. The molecule has 0 bridgehead atoms. The van der Waals surface area contributed by atoms with Crippen molar-refractivity contribution in [1.82, 2.24) is 0 Å². The van der Waals surface area contributed by atoms with E-state index in [1.54, 1.807) is 6.07 Å². The SMILES string of the molecule is CC(=O)Nc1ccc(C)c(NC(=O)CC2(CN)CCCCC2)c1. The molecule has 1 aliphatic carbocycles. The van der Waals surface area contributed by atoms with Crippen LogP contribution >= 0.6 is 0 Å². The van der Waals surface area contributed by atoms with Gasteiger partial charge in [0, 0.05) is 24.7 Å². The van der Waals surface area contributed by atoms with Crippen LogP contribution in [0.25, 0.3) is 0 Å². The van der Waals surface area contributed by atoms with Crippen molar-refractivity contribution in [2.75, 3.05) is 17.2 Å². The molecule has 1 fully saturated rings. The van der Waals surface area contributed by atoms with Gasteiger partial charge in [-0.2, -0.15) is 0 Å². The molecule has 2 rings (SSSR count). The number of benzene rings is 1. The van der Waals surface area contributed by atoms with Crippen molar-refractivity contribution in [3.63, 3.8) is 0 Å². The maximum atomic E-state index is 12.5. The Hall–Kier alpha value is -1.88. The lowest BCUT2D eigenvalue weighted by Crippen LogP contribution is -2.36. The van der Waals surface area contributed by atoms with Gasteiger partial charge in [0.2, 0.25) is 11.8 Å². The van der Waals surface area contributed by atoms with Crippen molar-refractivity contribution < 1.29 is 9.59 Å². The van der Waals surface area contributed by atoms with Gasteiger partial charge in [-0.25, -0.2) is 0 Å². The molecule has 1 aromatic carbocycles. The number of nitrogens with two attached hydrogens (primary N) is 1. The van der Waals surface area contributed by atoms with Gasteiger partial charge in [-0.1, -0.05) is 25.3 Å². The van der Waals surface area contributed by atoms with E-state index in [0.717, 1.165) is 36.9 Å². The number of anilines is 2. The molecule has 0 aliphatic heterocycles. The summed E-state index contributed by atoms with van der Waals surface area (Å²) in [5.74, 6) is -0.129. The summed E-state index contributed by atoms with van der Waals surface area (Å²) in [7, 11) is 0. The van der Waals surface area contributed by atoms with Gasteiger partial charge in [-0.3, -0.25) is 9.59 Å². The third-order valence-corrected chi connectivity index (χ3v) is 4.71. The van der Waals surface area contributed by atoms with E-state index < -0.39 is 0 Å². The second kappa shape index (κ2) is 7.59. The molecule has 5 nitrogen and oxygen atoms in total. The van der Waals surface area contributed by atoms with Crippen LogP contribution in [-0.2, 0) is 9.59 Å². The molecule has 1 saturated carbocycles. The molecule has 23 heavy (non-hydrogen) atoms. The first-order chi connectivity index (χ1) is 10.9. The first kappa shape index (κ1) is 17.5. The van der Waals surface area contributed by atoms with Crippen LogP contribution in [0, 0.1) is 12.3 Å². The Labute approximate surface area is 138 Å². The first-order valence-electron chi connectivity index (χ1n) is 8.32. The maximum absolute atomic E-state index is 12.5. The van der Waals surface area contributed by atoms with E-state index in [1.165, 1.54) is 13.3 Å². The third kappa shape index (κ3) is 4.79. The Kier molecular flexibility index (Phi) is 5.77. The molecule has 4 N–H and O–H groups in total. The lowest BCUT2D eigenvalue weighted by Gasteiger charge is -2.35. The second-order valence-electron chi connectivity index (χ2n) is 6.70. The lowest BCUT2D eigenvalue weighted by molar-refractivity contribution is -0.119. The zero-order valence-electron chi connectivity index (χ0n) is 14.1. The van der Waals surface area contributed by atoms with E-state index in [9.17, 15) is 9.59 Å². The molecular formula is C18H27N3O2. The van der Waals surface area contributed by atoms with Crippen molar-refractivity contribution in [2.45, 2.75) is 52.4 Å². The molecule has 0 saturated heterocycles. The summed E-state index contributed by atoms with van der Waals surface area (Å²) in [6.45, 7) is 3.96. The average molecular weight is 317 g/mol. The summed E-state index contributed by atoms with van der Waals surface area (Å²) in [6, 6.07) is 5.51. The largest absolute Gasteiger partial charge is 0.330 e. The molecule has 0 atom stereocenters. The first-order valence-corrected chi connectivity index (χ1v) is 8.32. The second-order valence-corrected chi connectivity index (χ2v) is 6.70. The number of carbonyl (C=O) groups excluding carboxylic acids is 2. The van der Waals surface area contributed by atoms with Gasteiger partial charge in [0.05, 0.1) is 0 Å². The fourth-order valence-corrected chi connectivity index (χ4v) is 3.33. The number of hydrogen-bond donors (Lipinski definition) is 3. The fourth-order valence-electron chi connectivity index (χ4n) is 3.33. The van der Waals surface area contributed by atoms with Crippen molar-refractivity contribution in [2.24, 2.45) is 11.1 Å². The zero-order valence-corrected chi connectivity index (χ0v) is 14.1. The fraction of sp³-hybridized carbons (Fsp3) is 0.556. The van der Waals surface area contributed by atoms with Gasteiger partial charge in [0.15, 0.2) is 0 Å². The summed E-state index contributed by atoms with van der Waals surface area (Å²) in [4.78, 5) is 23.6. The standard InChI is InChI=1S/C18H27N3O2/c1-13-6-7-15(20-14(2)22)10-16(13)21-17(23)11-18(12-19)8-4-3-5-9-18/h6-7,10H,3-5,8-9,11-12,19H2,1-2H3,(H,20,22)(H,21,23). The van der Waals surface area contributed by atoms with E-state index in [0.29, 0.717) is 18.7 Å². The molecule has 1 aromatic rings. The predicted octanol–water partition coefficient (Wildman–Crippen LogP) is 3.19. The van der Waals surface area contributed by atoms with Crippen molar-refractivity contribution in [1.29, 1.82) is 0 Å². The number of amides is 2. The maximum Gasteiger partial charge on any atom is 0.224 e. The normalized spacial score (nSPS) is 16.7. The van der Waals surface area contributed by atoms with Gasteiger partial charge in [-0.05, 0) is 49.4 Å². The van der Waals surface area contributed by atoms with Crippen LogP contribution in [0.15, 0.2) is 18.2 Å². The third-order valence-electron chi connectivity index (χ3n) is 4.71. The van der Waals surface area contributed by atoms with Gasteiger partial charge in [-0.15, -0.1) is 0 Å².